The molecule has 3 nitrogen and oxygen atoms in total. The molecule has 0 spiro atoms. The first-order chi connectivity index (χ1) is 13.0. The molecule has 0 radical (unpaired) electrons. The van der Waals surface area contributed by atoms with E-state index in [4.69, 9.17) is 0 Å². The molecule has 0 fully saturated rings. The molecule has 0 atom stereocenters. The highest BCUT2D eigenvalue weighted by molar-refractivity contribution is 9.10. The highest BCUT2D eigenvalue weighted by Crippen LogP contribution is 2.39. The first-order valence-corrected chi connectivity index (χ1v) is 8.56. The largest absolute Gasteiger partial charge is 0.433 e. The van der Waals surface area contributed by atoms with Gasteiger partial charge < -0.3 is 0 Å². The van der Waals surface area contributed by atoms with Crippen LogP contribution in [0.2, 0.25) is 0 Å². The molecule has 144 valence electrons. The Bertz CT molecular complexity index is 1190. The van der Waals surface area contributed by atoms with E-state index < -0.39 is 34.6 Å². The fourth-order valence-electron chi connectivity index (χ4n) is 2.87. The summed E-state index contributed by atoms with van der Waals surface area (Å²) in [6.45, 7) is 0. The number of nitrogens with zero attached hydrogens (tertiary/aromatic N) is 3. The molecule has 0 N–H and O–H groups in total. The van der Waals surface area contributed by atoms with Crippen LogP contribution >= 0.6 is 15.9 Å². The van der Waals surface area contributed by atoms with Gasteiger partial charge in [-0.25, -0.2) is 9.97 Å². The molecule has 4 rings (SSSR count). The second-order valence-corrected chi connectivity index (χ2v) is 6.90. The number of imidazole rings is 1. The Balaban J connectivity index is 2.04. The van der Waals surface area contributed by atoms with Crippen molar-refractivity contribution in [3.8, 4) is 11.3 Å². The van der Waals surface area contributed by atoms with Gasteiger partial charge in [0.15, 0.2) is 0 Å². The Morgan fingerprint density at radius 3 is 2.11 bits per heavy atom. The second kappa shape index (κ2) is 6.20. The molecular weight excluding hydrogens is 452 g/mol. The van der Waals surface area contributed by atoms with Gasteiger partial charge in [0.2, 0.25) is 0 Å². The predicted octanol–water partition coefficient (Wildman–Crippen LogP) is 6.35. The van der Waals surface area contributed by atoms with Crippen LogP contribution in [0.5, 0.6) is 0 Å². The number of fused-ring (bicyclic) bond motifs is 3. The van der Waals surface area contributed by atoms with Crippen LogP contribution in [0.1, 0.15) is 11.3 Å². The summed E-state index contributed by atoms with van der Waals surface area (Å²) in [6.07, 6.45) is -8.62. The van der Waals surface area contributed by atoms with Gasteiger partial charge in [0.05, 0.1) is 11.3 Å². The van der Waals surface area contributed by atoms with Crippen LogP contribution in [0.3, 0.4) is 0 Å². The summed E-state index contributed by atoms with van der Waals surface area (Å²) in [7, 11) is 0. The highest BCUT2D eigenvalue weighted by atomic mass is 79.9. The predicted molar refractivity (Wildman–Crippen MR) is 93.6 cm³/mol. The lowest BCUT2D eigenvalue weighted by molar-refractivity contribution is -0.144. The monoisotopic (exact) mass is 459 g/mol. The third kappa shape index (κ3) is 3.21. The van der Waals surface area contributed by atoms with E-state index in [1.54, 1.807) is 24.3 Å². The van der Waals surface area contributed by atoms with Gasteiger partial charge in [-0.15, -0.1) is 0 Å². The summed E-state index contributed by atoms with van der Waals surface area (Å²) in [6, 6.07) is 9.38. The van der Waals surface area contributed by atoms with Crippen molar-refractivity contribution in [1.29, 1.82) is 0 Å². The summed E-state index contributed by atoms with van der Waals surface area (Å²) in [5.41, 5.74) is -2.24. The summed E-state index contributed by atoms with van der Waals surface area (Å²) in [4.78, 5) is 7.75. The van der Waals surface area contributed by atoms with Gasteiger partial charge in [-0.05, 0) is 30.3 Å². The molecule has 0 aliphatic rings. The number of aromatic nitrogens is 3. The van der Waals surface area contributed by atoms with Crippen molar-refractivity contribution < 1.29 is 26.3 Å². The number of pyridine rings is 2. The van der Waals surface area contributed by atoms with Crippen LogP contribution < -0.4 is 0 Å². The third-order valence-corrected chi connectivity index (χ3v) is 4.66. The van der Waals surface area contributed by atoms with Gasteiger partial charge in [0.1, 0.15) is 17.0 Å². The maximum Gasteiger partial charge on any atom is 0.433 e. The maximum atomic E-state index is 13.4. The van der Waals surface area contributed by atoms with Crippen molar-refractivity contribution in [2.75, 3.05) is 0 Å². The van der Waals surface area contributed by atoms with Crippen molar-refractivity contribution in [2.24, 2.45) is 0 Å². The molecule has 1 aromatic carbocycles. The second-order valence-electron chi connectivity index (χ2n) is 5.98. The molecule has 28 heavy (non-hydrogen) atoms. The molecule has 0 saturated carbocycles. The molecule has 3 heterocycles. The topological polar surface area (TPSA) is 30.2 Å². The van der Waals surface area contributed by atoms with E-state index in [-0.39, 0.29) is 11.7 Å². The number of halogens is 7. The Hall–Kier alpha value is -2.62. The first-order valence-electron chi connectivity index (χ1n) is 7.77. The van der Waals surface area contributed by atoms with E-state index in [2.05, 4.69) is 25.9 Å². The average molecular weight is 460 g/mol. The molecule has 0 saturated heterocycles. The fourth-order valence-corrected chi connectivity index (χ4v) is 3.13. The van der Waals surface area contributed by atoms with Crippen LogP contribution in [0.25, 0.3) is 27.9 Å². The van der Waals surface area contributed by atoms with Gasteiger partial charge in [-0.2, -0.15) is 26.3 Å². The molecule has 0 amide bonds. The Morgan fingerprint density at radius 1 is 0.821 bits per heavy atom. The zero-order valence-electron chi connectivity index (χ0n) is 13.6. The Kier molecular flexibility index (Phi) is 4.14. The number of benzene rings is 1. The van der Waals surface area contributed by atoms with Crippen LogP contribution in [0, 0.1) is 0 Å². The molecule has 10 heteroatoms. The smallest absolute Gasteiger partial charge is 0.283 e. The summed E-state index contributed by atoms with van der Waals surface area (Å²) in [5.74, 6) is 0. The zero-order chi connectivity index (χ0) is 20.3. The van der Waals surface area contributed by atoms with Crippen molar-refractivity contribution in [3.05, 3.63) is 64.4 Å². The number of hydrogen-bond donors (Lipinski definition) is 0. The van der Waals surface area contributed by atoms with Crippen molar-refractivity contribution in [2.45, 2.75) is 12.4 Å². The van der Waals surface area contributed by atoms with Crippen LogP contribution in [0.15, 0.2) is 53.1 Å². The summed E-state index contributed by atoms with van der Waals surface area (Å²) in [5, 5.41) is -0.437. The lowest BCUT2D eigenvalue weighted by Crippen LogP contribution is -2.14. The van der Waals surface area contributed by atoms with E-state index >= 15 is 0 Å². The molecular formula is C18H8BrF6N3. The normalized spacial score (nSPS) is 12.8. The lowest BCUT2D eigenvalue weighted by Gasteiger charge is -2.14. The molecule has 4 aromatic rings. The number of rotatable bonds is 1. The molecule has 0 aliphatic carbocycles. The minimum Gasteiger partial charge on any atom is -0.283 e. The SMILES string of the molecule is FC(F)(F)c1cc(C(F)(F)F)c2ccc3nc(-c4ccc(Br)cc4)cn3c2n1. The Morgan fingerprint density at radius 2 is 1.50 bits per heavy atom. The average Bonchev–Trinajstić information content (AvgIpc) is 3.04. The minimum atomic E-state index is -5.02. The van der Waals surface area contributed by atoms with Crippen LogP contribution in [0.4, 0.5) is 26.3 Å². The zero-order valence-corrected chi connectivity index (χ0v) is 15.2. The molecule has 3 aromatic heterocycles. The van der Waals surface area contributed by atoms with E-state index in [0.717, 1.165) is 14.9 Å². The molecule has 0 bridgehead atoms. The molecule has 0 aliphatic heterocycles. The van der Waals surface area contributed by atoms with E-state index in [9.17, 15) is 26.3 Å². The third-order valence-electron chi connectivity index (χ3n) is 4.13. The van der Waals surface area contributed by atoms with Crippen LogP contribution in [-0.4, -0.2) is 14.4 Å². The Labute approximate surface area is 161 Å². The number of hydrogen-bond acceptors (Lipinski definition) is 2. The number of alkyl halides is 6. The van der Waals surface area contributed by atoms with E-state index in [0.29, 0.717) is 11.3 Å². The van der Waals surface area contributed by atoms with Crippen molar-refractivity contribution >= 4 is 32.6 Å². The van der Waals surface area contributed by atoms with Crippen molar-refractivity contribution in [1.82, 2.24) is 14.4 Å². The maximum absolute atomic E-state index is 13.4. The van der Waals surface area contributed by atoms with Gasteiger partial charge in [-0.3, -0.25) is 4.40 Å². The van der Waals surface area contributed by atoms with Gasteiger partial charge in [-0.1, -0.05) is 28.1 Å². The van der Waals surface area contributed by atoms with E-state index in [1.165, 1.54) is 12.3 Å². The summed E-state index contributed by atoms with van der Waals surface area (Å²) < 4.78 is 81.5. The standard InChI is InChI=1S/C18H8BrF6N3/c19-10-3-1-9(2-4-10)13-8-28-15(26-13)6-5-11-12(17(20,21)22)7-14(18(23,24)25)27-16(11)28/h1-8H. The fraction of sp³-hybridized carbons (Fsp3) is 0.111. The summed E-state index contributed by atoms with van der Waals surface area (Å²) >= 11 is 3.29. The van der Waals surface area contributed by atoms with Crippen LogP contribution in [-0.2, 0) is 12.4 Å². The lowest BCUT2D eigenvalue weighted by atomic mass is 10.1. The highest BCUT2D eigenvalue weighted by Gasteiger charge is 2.39. The van der Waals surface area contributed by atoms with Gasteiger partial charge in [0, 0.05) is 21.6 Å². The van der Waals surface area contributed by atoms with Gasteiger partial charge in [0.25, 0.3) is 0 Å². The minimum absolute atomic E-state index is 0.0285. The quantitative estimate of drug-likeness (QED) is 0.310. The van der Waals surface area contributed by atoms with Gasteiger partial charge >= 0.3 is 12.4 Å². The first kappa shape index (κ1) is 18.7. The molecule has 0 unspecified atom stereocenters. The van der Waals surface area contributed by atoms with E-state index in [1.807, 2.05) is 0 Å². The van der Waals surface area contributed by atoms with Crippen molar-refractivity contribution in [3.63, 3.8) is 0 Å².